The molecular formula is C20H27N3O4. The van der Waals surface area contributed by atoms with Crippen LogP contribution in [0.5, 0.6) is 23.0 Å². The smallest absolute Gasteiger partial charge is 0.196 e. The van der Waals surface area contributed by atoms with E-state index >= 15 is 0 Å². The van der Waals surface area contributed by atoms with E-state index in [-0.39, 0.29) is 0 Å². The Bertz CT molecular complexity index is 778. The molecule has 0 saturated heterocycles. The predicted octanol–water partition coefficient (Wildman–Crippen LogP) is 3.30. The van der Waals surface area contributed by atoms with Crippen LogP contribution in [0.1, 0.15) is 12.5 Å². The van der Waals surface area contributed by atoms with Crippen LogP contribution in [-0.2, 0) is 6.54 Å². The number of methoxy groups -OCH3 is 4. The lowest BCUT2D eigenvalue weighted by Crippen LogP contribution is -2.30. The molecule has 0 bridgehead atoms. The van der Waals surface area contributed by atoms with Crippen LogP contribution in [-0.4, -0.2) is 40.9 Å². The standard InChI is InChI=1S/C20H27N3O4/c1-6-21-20(23-15-8-10-17(25-3)19(11-15)27-5)22-13-14-7-9-16(24-2)12-18(14)26-4/h7-12H,6,13H2,1-5H3,(H2,21,22,23). The summed E-state index contributed by atoms with van der Waals surface area (Å²) in [5, 5.41) is 6.50. The van der Waals surface area contributed by atoms with Gasteiger partial charge in [0.05, 0.1) is 35.0 Å². The molecule has 2 N–H and O–H groups in total. The molecule has 0 saturated carbocycles. The first kappa shape index (κ1) is 20.2. The topological polar surface area (TPSA) is 73.3 Å². The Hall–Kier alpha value is -3.09. The number of nitrogens with one attached hydrogen (secondary N) is 2. The minimum absolute atomic E-state index is 0.454. The molecule has 0 amide bonds. The minimum Gasteiger partial charge on any atom is -0.497 e. The van der Waals surface area contributed by atoms with Gasteiger partial charge in [-0.15, -0.1) is 0 Å². The molecule has 0 aliphatic carbocycles. The molecule has 146 valence electrons. The number of rotatable bonds is 8. The molecule has 0 aliphatic rings. The molecule has 0 heterocycles. The normalized spacial score (nSPS) is 10.9. The van der Waals surface area contributed by atoms with Gasteiger partial charge in [-0.05, 0) is 31.2 Å². The van der Waals surface area contributed by atoms with Crippen molar-refractivity contribution in [2.24, 2.45) is 4.99 Å². The fourth-order valence-corrected chi connectivity index (χ4v) is 2.50. The lowest BCUT2D eigenvalue weighted by Gasteiger charge is -2.14. The lowest BCUT2D eigenvalue weighted by atomic mass is 10.2. The zero-order valence-corrected chi connectivity index (χ0v) is 16.5. The van der Waals surface area contributed by atoms with E-state index < -0.39 is 0 Å². The summed E-state index contributed by atoms with van der Waals surface area (Å²) in [6, 6.07) is 11.3. The molecule has 0 radical (unpaired) electrons. The second-order valence-electron chi connectivity index (χ2n) is 5.57. The summed E-state index contributed by atoms with van der Waals surface area (Å²) in [5.74, 6) is 3.46. The van der Waals surface area contributed by atoms with Crippen molar-refractivity contribution in [3.05, 3.63) is 42.0 Å². The zero-order valence-electron chi connectivity index (χ0n) is 16.5. The molecule has 0 atom stereocenters. The van der Waals surface area contributed by atoms with Crippen LogP contribution in [0.15, 0.2) is 41.4 Å². The summed E-state index contributed by atoms with van der Waals surface area (Å²) in [7, 11) is 6.48. The number of nitrogens with zero attached hydrogens (tertiary/aromatic N) is 1. The molecule has 0 unspecified atom stereocenters. The molecule has 0 fully saturated rings. The highest BCUT2D eigenvalue weighted by molar-refractivity contribution is 5.93. The first-order chi connectivity index (χ1) is 13.1. The molecule has 7 nitrogen and oxygen atoms in total. The molecular weight excluding hydrogens is 346 g/mol. The Morgan fingerprint density at radius 3 is 2.22 bits per heavy atom. The van der Waals surface area contributed by atoms with Gasteiger partial charge in [-0.3, -0.25) is 0 Å². The Morgan fingerprint density at radius 2 is 1.59 bits per heavy atom. The van der Waals surface area contributed by atoms with Crippen LogP contribution in [0.4, 0.5) is 5.69 Å². The maximum absolute atomic E-state index is 5.43. The van der Waals surface area contributed by atoms with E-state index in [0.29, 0.717) is 24.0 Å². The third-order valence-corrected chi connectivity index (χ3v) is 3.89. The van der Waals surface area contributed by atoms with Gasteiger partial charge in [-0.25, -0.2) is 4.99 Å². The van der Waals surface area contributed by atoms with E-state index in [2.05, 4.69) is 15.6 Å². The molecule has 27 heavy (non-hydrogen) atoms. The minimum atomic E-state index is 0.454. The Labute approximate surface area is 160 Å². The van der Waals surface area contributed by atoms with Crippen LogP contribution in [0.3, 0.4) is 0 Å². The Morgan fingerprint density at radius 1 is 0.852 bits per heavy atom. The van der Waals surface area contributed by atoms with Gasteiger partial charge in [-0.1, -0.05) is 0 Å². The van der Waals surface area contributed by atoms with Crippen LogP contribution in [0.2, 0.25) is 0 Å². The number of hydrogen-bond donors (Lipinski definition) is 2. The summed E-state index contributed by atoms with van der Waals surface area (Å²) in [6.07, 6.45) is 0. The van der Waals surface area contributed by atoms with Crippen molar-refractivity contribution in [3.8, 4) is 23.0 Å². The molecule has 2 rings (SSSR count). The first-order valence-electron chi connectivity index (χ1n) is 8.63. The van der Waals surface area contributed by atoms with Crippen molar-refractivity contribution in [1.29, 1.82) is 0 Å². The second kappa shape index (κ2) is 10.2. The van der Waals surface area contributed by atoms with E-state index in [1.807, 2.05) is 43.3 Å². The summed E-state index contributed by atoms with van der Waals surface area (Å²) < 4.78 is 21.3. The number of aliphatic imine (C=N–C) groups is 1. The van der Waals surface area contributed by atoms with Crippen LogP contribution >= 0.6 is 0 Å². The molecule has 2 aromatic carbocycles. The van der Waals surface area contributed by atoms with Gasteiger partial charge < -0.3 is 29.6 Å². The van der Waals surface area contributed by atoms with Crippen molar-refractivity contribution in [1.82, 2.24) is 5.32 Å². The molecule has 2 aromatic rings. The van der Waals surface area contributed by atoms with E-state index in [1.165, 1.54) is 0 Å². The molecule has 0 aliphatic heterocycles. The number of ether oxygens (including phenoxy) is 4. The number of benzene rings is 2. The summed E-state index contributed by atoms with van der Waals surface area (Å²) in [6.45, 7) is 3.20. The fraction of sp³-hybridized carbons (Fsp3) is 0.350. The maximum Gasteiger partial charge on any atom is 0.196 e. The van der Waals surface area contributed by atoms with Gasteiger partial charge in [0.2, 0.25) is 0 Å². The van der Waals surface area contributed by atoms with Crippen molar-refractivity contribution in [3.63, 3.8) is 0 Å². The maximum atomic E-state index is 5.43. The second-order valence-corrected chi connectivity index (χ2v) is 5.57. The largest absolute Gasteiger partial charge is 0.497 e. The SMILES string of the molecule is CCNC(=NCc1ccc(OC)cc1OC)Nc1ccc(OC)c(OC)c1. The average molecular weight is 373 g/mol. The van der Waals surface area contributed by atoms with Gasteiger partial charge in [0, 0.05) is 29.9 Å². The highest BCUT2D eigenvalue weighted by Gasteiger charge is 2.08. The van der Waals surface area contributed by atoms with Crippen LogP contribution in [0, 0.1) is 0 Å². The average Bonchev–Trinajstić information content (AvgIpc) is 2.71. The first-order valence-corrected chi connectivity index (χ1v) is 8.63. The van der Waals surface area contributed by atoms with Crippen molar-refractivity contribution in [2.75, 3.05) is 40.3 Å². The Kier molecular flexibility index (Phi) is 7.61. The van der Waals surface area contributed by atoms with E-state index in [4.69, 9.17) is 18.9 Å². The van der Waals surface area contributed by atoms with E-state index in [0.717, 1.165) is 29.3 Å². The van der Waals surface area contributed by atoms with Crippen LogP contribution in [0.25, 0.3) is 0 Å². The summed E-state index contributed by atoms with van der Waals surface area (Å²) in [4.78, 5) is 4.64. The fourth-order valence-electron chi connectivity index (χ4n) is 2.50. The van der Waals surface area contributed by atoms with Crippen molar-refractivity contribution < 1.29 is 18.9 Å². The Balaban J connectivity index is 2.19. The summed E-state index contributed by atoms with van der Waals surface area (Å²) >= 11 is 0. The van der Waals surface area contributed by atoms with Crippen LogP contribution < -0.4 is 29.6 Å². The van der Waals surface area contributed by atoms with E-state index in [1.54, 1.807) is 28.4 Å². The van der Waals surface area contributed by atoms with Crippen molar-refractivity contribution in [2.45, 2.75) is 13.5 Å². The van der Waals surface area contributed by atoms with Gasteiger partial charge in [0.15, 0.2) is 17.5 Å². The number of guanidine groups is 1. The van der Waals surface area contributed by atoms with Gasteiger partial charge in [0.25, 0.3) is 0 Å². The quantitative estimate of drug-likeness (QED) is 0.546. The monoisotopic (exact) mass is 373 g/mol. The number of anilines is 1. The van der Waals surface area contributed by atoms with Gasteiger partial charge in [0.1, 0.15) is 11.5 Å². The molecule has 7 heteroatoms. The molecule has 0 spiro atoms. The zero-order chi connectivity index (χ0) is 19.6. The third-order valence-electron chi connectivity index (χ3n) is 3.89. The number of hydrogen-bond acceptors (Lipinski definition) is 5. The van der Waals surface area contributed by atoms with Gasteiger partial charge >= 0.3 is 0 Å². The highest BCUT2D eigenvalue weighted by atomic mass is 16.5. The van der Waals surface area contributed by atoms with Crippen molar-refractivity contribution >= 4 is 11.6 Å². The highest BCUT2D eigenvalue weighted by Crippen LogP contribution is 2.30. The predicted molar refractivity (Wildman–Crippen MR) is 108 cm³/mol. The summed E-state index contributed by atoms with van der Waals surface area (Å²) in [5.41, 5.74) is 1.80. The lowest BCUT2D eigenvalue weighted by molar-refractivity contribution is 0.355. The van der Waals surface area contributed by atoms with Gasteiger partial charge in [-0.2, -0.15) is 0 Å². The van der Waals surface area contributed by atoms with E-state index in [9.17, 15) is 0 Å². The third kappa shape index (κ3) is 5.44. The molecule has 0 aromatic heterocycles.